The summed E-state index contributed by atoms with van der Waals surface area (Å²) in [6.07, 6.45) is -1.76. The van der Waals surface area contributed by atoms with Crippen molar-refractivity contribution in [3.05, 3.63) is 65.2 Å². The maximum atomic E-state index is 14.6. The van der Waals surface area contributed by atoms with Crippen molar-refractivity contribution in [3.63, 3.8) is 0 Å². The summed E-state index contributed by atoms with van der Waals surface area (Å²) in [5.74, 6) is -2.88. The number of halogens is 2. The van der Waals surface area contributed by atoms with E-state index < -0.39 is 38.9 Å². The zero-order chi connectivity index (χ0) is 23.4. The Kier molecular flexibility index (Phi) is 6.94. The number of anilines is 1. The predicted molar refractivity (Wildman–Crippen MR) is 118 cm³/mol. The van der Waals surface area contributed by atoms with E-state index in [-0.39, 0.29) is 19.0 Å². The first-order valence-corrected chi connectivity index (χ1v) is 11.2. The zero-order valence-electron chi connectivity index (χ0n) is 17.3. The van der Waals surface area contributed by atoms with Crippen molar-refractivity contribution in [2.75, 3.05) is 18.9 Å². The Labute approximate surface area is 188 Å². The SMILES string of the molecule is Nc1ccn(C2OC(COP(NCC=O)Oc3cccc4ccccc34)CC2(F)F)c(=O)n1. The van der Waals surface area contributed by atoms with Crippen molar-refractivity contribution in [2.24, 2.45) is 0 Å². The van der Waals surface area contributed by atoms with Crippen molar-refractivity contribution < 1.29 is 27.4 Å². The third-order valence-corrected chi connectivity index (χ3v) is 6.09. The molecule has 1 fully saturated rings. The molecule has 3 aromatic rings. The minimum Gasteiger partial charge on any atom is -0.435 e. The Balaban J connectivity index is 1.46. The predicted octanol–water partition coefficient (Wildman–Crippen LogP) is 3.01. The largest absolute Gasteiger partial charge is 0.435 e. The van der Waals surface area contributed by atoms with Crippen molar-refractivity contribution in [1.29, 1.82) is 0 Å². The van der Waals surface area contributed by atoms with E-state index >= 15 is 0 Å². The summed E-state index contributed by atoms with van der Waals surface area (Å²) in [4.78, 5) is 26.3. The highest BCUT2D eigenvalue weighted by Crippen LogP contribution is 2.44. The maximum absolute atomic E-state index is 14.6. The quantitative estimate of drug-likeness (QED) is 0.356. The van der Waals surface area contributed by atoms with Gasteiger partial charge in [0.15, 0.2) is 0 Å². The molecule has 0 aliphatic carbocycles. The van der Waals surface area contributed by atoms with Crippen LogP contribution in [0.4, 0.5) is 14.6 Å². The molecule has 174 valence electrons. The first-order chi connectivity index (χ1) is 15.9. The second kappa shape index (κ2) is 9.88. The molecule has 1 aliphatic rings. The van der Waals surface area contributed by atoms with Gasteiger partial charge in [-0.2, -0.15) is 4.98 Å². The molecule has 0 bridgehead atoms. The Morgan fingerprint density at radius 1 is 1.27 bits per heavy atom. The van der Waals surface area contributed by atoms with Crippen LogP contribution in [-0.4, -0.2) is 41.0 Å². The maximum Gasteiger partial charge on any atom is 0.351 e. The average molecular weight is 478 g/mol. The lowest BCUT2D eigenvalue weighted by Gasteiger charge is -2.21. The van der Waals surface area contributed by atoms with Crippen LogP contribution in [0.5, 0.6) is 5.75 Å². The van der Waals surface area contributed by atoms with E-state index in [1.54, 1.807) is 6.07 Å². The molecule has 9 nitrogen and oxygen atoms in total. The molecule has 1 saturated heterocycles. The van der Waals surface area contributed by atoms with Crippen molar-refractivity contribution in [2.45, 2.75) is 24.7 Å². The molecule has 3 atom stereocenters. The highest BCUT2D eigenvalue weighted by atomic mass is 31.2. The number of alkyl halides is 2. The van der Waals surface area contributed by atoms with Gasteiger partial charge in [-0.15, -0.1) is 0 Å². The molecule has 2 aromatic carbocycles. The van der Waals surface area contributed by atoms with Crippen LogP contribution in [0.15, 0.2) is 59.5 Å². The van der Waals surface area contributed by atoms with Crippen LogP contribution in [0.3, 0.4) is 0 Å². The monoisotopic (exact) mass is 478 g/mol. The summed E-state index contributed by atoms with van der Waals surface area (Å²) in [6, 6.07) is 14.3. The third kappa shape index (κ3) is 5.33. The van der Waals surface area contributed by atoms with E-state index in [0.717, 1.165) is 17.0 Å². The molecule has 1 aliphatic heterocycles. The molecule has 0 spiro atoms. The first kappa shape index (κ1) is 23.2. The van der Waals surface area contributed by atoms with Gasteiger partial charge >= 0.3 is 14.2 Å². The number of hydrogen-bond donors (Lipinski definition) is 2. The van der Waals surface area contributed by atoms with E-state index in [2.05, 4.69) is 10.1 Å². The second-order valence-electron chi connectivity index (χ2n) is 7.27. The number of hydrogen-bond acceptors (Lipinski definition) is 8. The fourth-order valence-electron chi connectivity index (χ4n) is 3.44. The summed E-state index contributed by atoms with van der Waals surface area (Å²) < 4.78 is 46.9. The van der Waals surface area contributed by atoms with Gasteiger partial charge in [0, 0.05) is 18.0 Å². The van der Waals surface area contributed by atoms with Gasteiger partial charge in [0.2, 0.25) is 6.23 Å². The molecule has 2 heterocycles. The second-order valence-corrected chi connectivity index (χ2v) is 8.54. The molecule has 1 aromatic heterocycles. The van der Waals surface area contributed by atoms with Gasteiger partial charge < -0.3 is 24.3 Å². The molecular formula is C21H21F2N4O5P. The van der Waals surface area contributed by atoms with Gasteiger partial charge in [-0.25, -0.2) is 18.7 Å². The van der Waals surface area contributed by atoms with Crippen LogP contribution in [0.2, 0.25) is 0 Å². The van der Waals surface area contributed by atoms with E-state index in [1.807, 2.05) is 36.4 Å². The van der Waals surface area contributed by atoms with Crippen molar-refractivity contribution in [3.8, 4) is 5.75 Å². The van der Waals surface area contributed by atoms with E-state index in [0.29, 0.717) is 16.6 Å². The van der Waals surface area contributed by atoms with Crippen molar-refractivity contribution in [1.82, 2.24) is 14.6 Å². The number of fused-ring (bicyclic) bond motifs is 1. The van der Waals surface area contributed by atoms with Gasteiger partial charge in [0.1, 0.15) is 17.9 Å². The number of nitrogens with zero attached hydrogens (tertiary/aromatic N) is 2. The average Bonchev–Trinajstić information content (AvgIpc) is 3.09. The number of carbonyl (C=O) groups is 1. The number of rotatable bonds is 9. The molecule has 0 saturated carbocycles. The van der Waals surface area contributed by atoms with Gasteiger partial charge in [-0.05, 0) is 17.5 Å². The number of ether oxygens (including phenoxy) is 1. The Bertz CT molecular complexity index is 1190. The minimum atomic E-state index is -3.33. The molecule has 0 amide bonds. The lowest BCUT2D eigenvalue weighted by Crippen LogP contribution is -2.35. The Hall–Kier alpha value is -2.98. The third-order valence-electron chi connectivity index (χ3n) is 4.90. The summed E-state index contributed by atoms with van der Waals surface area (Å²) in [6.45, 7) is -0.293. The lowest BCUT2D eigenvalue weighted by atomic mass is 10.1. The number of carbonyl (C=O) groups excluding carboxylic acids is 1. The molecule has 3 unspecified atom stereocenters. The number of nitrogens with one attached hydrogen (secondary N) is 1. The molecule has 4 rings (SSSR count). The highest BCUT2D eigenvalue weighted by molar-refractivity contribution is 7.45. The van der Waals surface area contributed by atoms with Crippen LogP contribution >= 0.6 is 8.53 Å². The minimum absolute atomic E-state index is 0.0483. The standard InChI is InChI=1S/C21H21F2N4O5P/c22-21(23)12-15(31-19(21)27-10-8-18(24)26-20(27)29)13-30-33(25-9-11-28)32-17-7-3-5-14-4-1-2-6-16(14)17/h1-8,10-11,15,19,25H,9,12-13H2,(H2,24,26,29). The highest BCUT2D eigenvalue weighted by Gasteiger charge is 2.52. The van der Waals surface area contributed by atoms with Crippen LogP contribution in [0.25, 0.3) is 10.8 Å². The summed E-state index contributed by atoms with van der Waals surface area (Å²) in [5.41, 5.74) is 4.49. The van der Waals surface area contributed by atoms with E-state index in [1.165, 1.54) is 6.07 Å². The number of aromatic nitrogens is 2. The van der Waals surface area contributed by atoms with E-state index in [9.17, 15) is 18.4 Å². The van der Waals surface area contributed by atoms with Crippen LogP contribution in [-0.2, 0) is 14.1 Å². The summed E-state index contributed by atoms with van der Waals surface area (Å²) >= 11 is 0. The summed E-state index contributed by atoms with van der Waals surface area (Å²) in [5, 5.41) is 4.60. The van der Waals surface area contributed by atoms with Crippen LogP contribution in [0.1, 0.15) is 12.6 Å². The van der Waals surface area contributed by atoms with E-state index in [4.69, 9.17) is 19.5 Å². The normalized spacial score (nSPS) is 20.5. The van der Waals surface area contributed by atoms with Crippen molar-refractivity contribution >= 4 is 31.4 Å². The Morgan fingerprint density at radius 2 is 2.06 bits per heavy atom. The fraction of sp³-hybridized carbons (Fsp3) is 0.286. The number of aldehydes is 1. The summed E-state index contributed by atoms with van der Waals surface area (Å²) in [7, 11) is -1.85. The van der Waals surface area contributed by atoms with Gasteiger partial charge in [0.05, 0.1) is 19.3 Å². The molecule has 33 heavy (non-hydrogen) atoms. The topological polar surface area (TPSA) is 118 Å². The lowest BCUT2D eigenvalue weighted by molar-refractivity contribution is -0.119. The molecule has 3 N–H and O–H groups in total. The molecule has 0 radical (unpaired) electrons. The molecular weight excluding hydrogens is 457 g/mol. The smallest absolute Gasteiger partial charge is 0.351 e. The number of nitrogens with two attached hydrogens (primary N) is 1. The number of benzene rings is 2. The van der Waals surface area contributed by atoms with Crippen LogP contribution < -0.4 is 21.0 Å². The first-order valence-electron chi connectivity index (χ1n) is 10.0. The van der Waals surface area contributed by atoms with Gasteiger partial charge in [-0.3, -0.25) is 4.57 Å². The number of nitrogen functional groups attached to an aromatic ring is 1. The Morgan fingerprint density at radius 3 is 2.85 bits per heavy atom. The van der Waals surface area contributed by atoms with Gasteiger partial charge in [-0.1, -0.05) is 36.4 Å². The molecule has 12 heteroatoms. The van der Waals surface area contributed by atoms with Crippen LogP contribution in [0, 0.1) is 0 Å². The fourth-order valence-corrected chi connectivity index (χ4v) is 4.51. The zero-order valence-corrected chi connectivity index (χ0v) is 18.2. The van der Waals surface area contributed by atoms with Gasteiger partial charge in [0.25, 0.3) is 5.92 Å².